The monoisotopic (exact) mass is 356 g/mol. The second-order valence-corrected chi connectivity index (χ2v) is 6.63. The Hall–Kier alpha value is -2.33. The van der Waals surface area contributed by atoms with Crippen LogP contribution in [0.5, 0.6) is 5.75 Å². The van der Waals surface area contributed by atoms with Gasteiger partial charge in [-0.25, -0.2) is 0 Å². The van der Waals surface area contributed by atoms with Crippen molar-refractivity contribution in [2.75, 3.05) is 6.61 Å². The summed E-state index contributed by atoms with van der Waals surface area (Å²) >= 11 is 0. The Morgan fingerprint density at radius 3 is 2.50 bits per heavy atom. The van der Waals surface area contributed by atoms with E-state index in [-0.39, 0.29) is 6.61 Å². The minimum Gasteiger partial charge on any atom is -0.489 e. The fraction of sp³-hybridized carbons (Fsp3) is 0.409. The third-order valence-corrected chi connectivity index (χ3v) is 4.50. The molecular formula is C22H28O4. The molecule has 0 aliphatic heterocycles. The number of unbranched alkanes of at least 4 members (excludes halogenated alkanes) is 3. The van der Waals surface area contributed by atoms with Crippen LogP contribution in [0.25, 0.3) is 0 Å². The molecule has 0 aliphatic rings. The SMILES string of the molecule is CC(C(=O)O)c1cccc(COc2cccc(CCCCCCO)c2)c1. The van der Waals surface area contributed by atoms with Gasteiger partial charge in [0.2, 0.25) is 0 Å². The minimum atomic E-state index is -0.824. The molecule has 2 N–H and O–H groups in total. The zero-order valence-electron chi connectivity index (χ0n) is 15.4. The van der Waals surface area contributed by atoms with Crippen molar-refractivity contribution in [3.05, 3.63) is 65.2 Å². The van der Waals surface area contributed by atoms with Gasteiger partial charge in [0.25, 0.3) is 0 Å². The summed E-state index contributed by atoms with van der Waals surface area (Å²) < 4.78 is 5.89. The Kier molecular flexibility index (Phi) is 8.16. The Balaban J connectivity index is 1.88. The maximum atomic E-state index is 11.1. The van der Waals surface area contributed by atoms with E-state index < -0.39 is 11.9 Å². The number of hydrogen-bond acceptors (Lipinski definition) is 3. The van der Waals surface area contributed by atoms with Gasteiger partial charge in [-0.3, -0.25) is 4.79 Å². The Morgan fingerprint density at radius 2 is 1.73 bits per heavy atom. The van der Waals surface area contributed by atoms with Crippen LogP contribution < -0.4 is 4.74 Å². The molecule has 140 valence electrons. The summed E-state index contributed by atoms with van der Waals surface area (Å²) in [5.41, 5.74) is 3.00. The molecule has 0 amide bonds. The first-order valence-electron chi connectivity index (χ1n) is 9.24. The third-order valence-electron chi connectivity index (χ3n) is 4.50. The van der Waals surface area contributed by atoms with Crippen molar-refractivity contribution in [2.45, 2.75) is 51.6 Å². The highest BCUT2D eigenvalue weighted by Gasteiger charge is 2.13. The molecule has 0 spiro atoms. The van der Waals surface area contributed by atoms with E-state index >= 15 is 0 Å². The molecule has 0 heterocycles. The van der Waals surface area contributed by atoms with Crippen LogP contribution in [-0.4, -0.2) is 22.8 Å². The average molecular weight is 356 g/mol. The van der Waals surface area contributed by atoms with E-state index in [2.05, 4.69) is 12.1 Å². The molecular weight excluding hydrogens is 328 g/mol. The molecule has 26 heavy (non-hydrogen) atoms. The Labute approximate surface area is 155 Å². The summed E-state index contributed by atoms with van der Waals surface area (Å²) in [6.45, 7) is 2.38. The number of rotatable bonds is 11. The van der Waals surface area contributed by atoms with Gasteiger partial charge in [-0.15, -0.1) is 0 Å². The smallest absolute Gasteiger partial charge is 0.310 e. The second kappa shape index (κ2) is 10.6. The molecule has 0 aromatic heterocycles. The predicted molar refractivity (Wildman–Crippen MR) is 103 cm³/mol. The molecule has 0 aliphatic carbocycles. The number of aliphatic hydroxyl groups is 1. The van der Waals surface area contributed by atoms with Crippen LogP contribution in [0.15, 0.2) is 48.5 Å². The molecule has 0 saturated carbocycles. The van der Waals surface area contributed by atoms with Crippen molar-refractivity contribution in [3.8, 4) is 5.75 Å². The van der Waals surface area contributed by atoms with Crippen LogP contribution in [0.2, 0.25) is 0 Å². The van der Waals surface area contributed by atoms with E-state index in [1.54, 1.807) is 6.92 Å². The van der Waals surface area contributed by atoms with Crippen LogP contribution in [-0.2, 0) is 17.8 Å². The maximum absolute atomic E-state index is 11.1. The summed E-state index contributed by atoms with van der Waals surface area (Å²) in [5, 5.41) is 17.9. The van der Waals surface area contributed by atoms with Crippen molar-refractivity contribution in [2.24, 2.45) is 0 Å². The maximum Gasteiger partial charge on any atom is 0.310 e. The van der Waals surface area contributed by atoms with E-state index in [0.29, 0.717) is 6.61 Å². The number of hydrogen-bond donors (Lipinski definition) is 2. The number of carbonyl (C=O) groups is 1. The van der Waals surface area contributed by atoms with Gasteiger partial charge in [-0.05, 0) is 55.0 Å². The van der Waals surface area contributed by atoms with Crippen molar-refractivity contribution in [1.29, 1.82) is 0 Å². The lowest BCUT2D eigenvalue weighted by Crippen LogP contribution is -2.08. The standard InChI is InChI=1S/C22H28O4/c1-17(22(24)25)20-11-6-10-19(14-20)16-26-21-12-7-9-18(15-21)8-4-2-3-5-13-23/h6-7,9-12,14-15,17,23H,2-5,8,13,16H2,1H3,(H,24,25). The summed E-state index contributed by atoms with van der Waals surface area (Å²) in [7, 11) is 0. The van der Waals surface area contributed by atoms with Crippen LogP contribution in [0.3, 0.4) is 0 Å². The van der Waals surface area contributed by atoms with Gasteiger partial charge in [0.05, 0.1) is 5.92 Å². The fourth-order valence-corrected chi connectivity index (χ4v) is 2.85. The highest BCUT2D eigenvalue weighted by molar-refractivity contribution is 5.75. The number of aliphatic carboxylic acids is 1. The lowest BCUT2D eigenvalue weighted by atomic mass is 9.99. The Morgan fingerprint density at radius 1 is 1.00 bits per heavy atom. The molecule has 4 nitrogen and oxygen atoms in total. The van der Waals surface area contributed by atoms with Gasteiger partial charge in [0.15, 0.2) is 0 Å². The lowest BCUT2D eigenvalue weighted by molar-refractivity contribution is -0.138. The summed E-state index contributed by atoms with van der Waals surface area (Å²) in [4.78, 5) is 11.1. The largest absolute Gasteiger partial charge is 0.489 e. The van der Waals surface area contributed by atoms with E-state index in [4.69, 9.17) is 14.9 Å². The molecule has 0 bridgehead atoms. The quantitative estimate of drug-likeness (QED) is 0.580. The summed E-state index contributed by atoms with van der Waals surface area (Å²) in [6.07, 6.45) is 5.19. The highest BCUT2D eigenvalue weighted by atomic mass is 16.5. The molecule has 0 saturated heterocycles. The van der Waals surface area contributed by atoms with Gasteiger partial charge in [0.1, 0.15) is 12.4 Å². The number of aryl methyl sites for hydroxylation is 1. The number of carboxylic acids is 1. The number of carboxylic acid groups (broad SMARTS) is 1. The first-order valence-corrected chi connectivity index (χ1v) is 9.24. The first-order chi connectivity index (χ1) is 12.6. The number of benzene rings is 2. The molecule has 1 unspecified atom stereocenters. The van der Waals surface area contributed by atoms with E-state index in [0.717, 1.165) is 49.0 Å². The van der Waals surface area contributed by atoms with Crippen LogP contribution in [0, 0.1) is 0 Å². The predicted octanol–water partition coefficient (Wildman–Crippen LogP) is 4.55. The van der Waals surface area contributed by atoms with Crippen molar-refractivity contribution < 1.29 is 19.7 Å². The number of ether oxygens (including phenoxy) is 1. The van der Waals surface area contributed by atoms with Gasteiger partial charge in [0, 0.05) is 6.61 Å². The van der Waals surface area contributed by atoms with Crippen molar-refractivity contribution >= 4 is 5.97 Å². The molecule has 2 aromatic rings. The molecule has 2 aromatic carbocycles. The molecule has 2 rings (SSSR count). The molecule has 1 atom stereocenters. The van der Waals surface area contributed by atoms with Gasteiger partial charge >= 0.3 is 5.97 Å². The van der Waals surface area contributed by atoms with Gasteiger partial charge in [-0.1, -0.05) is 49.2 Å². The first kappa shape index (κ1) is 20.0. The van der Waals surface area contributed by atoms with Crippen LogP contribution >= 0.6 is 0 Å². The van der Waals surface area contributed by atoms with E-state index in [9.17, 15) is 4.79 Å². The molecule has 0 fully saturated rings. The Bertz CT molecular complexity index is 696. The summed E-state index contributed by atoms with van der Waals surface area (Å²) in [5.74, 6) is -0.520. The molecule has 0 radical (unpaired) electrons. The van der Waals surface area contributed by atoms with Gasteiger partial charge < -0.3 is 14.9 Å². The average Bonchev–Trinajstić information content (AvgIpc) is 2.66. The van der Waals surface area contributed by atoms with Crippen molar-refractivity contribution in [3.63, 3.8) is 0 Å². The fourth-order valence-electron chi connectivity index (χ4n) is 2.85. The summed E-state index contributed by atoms with van der Waals surface area (Å²) in [6, 6.07) is 15.7. The minimum absolute atomic E-state index is 0.274. The van der Waals surface area contributed by atoms with E-state index in [1.807, 2.05) is 36.4 Å². The number of aliphatic hydroxyl groups excluding tert-OH is 1. The third kappa shape index (κ3) is 6.52. The zero-order chi connectivity index (χ0) is 18.8. The van der Waals surface area contributed by atoms with Crippen LogP contribution in [0.4, 0.5) is 0 Å². The van der Waals surface area contributed by atoms with E-state index in [1.165, 1.54) is 5.56 Å². The normalized spacial score (nSPS) is 11.9. The van der Waals surface area contributed by atoms with Crippen LogP contribution in [0.1, 0.15) is 55.2 Å². The zero-order valence-corrected chi connectivity index (χ0v) is 15.4. The van der Waals surface area contributed by atoms with Gasteiger partial charge in [-0.2, -0.15) is 0 Å². The molecule has 4 heteroatoms. The van der Waals surface area contributed by atoms with Crippen molar-refractivity contribution in [1.82, 2.24) is 0 Å². The lowest BCUT2D eigenvalue weighted by Gasteiger charge is -2.11. The highest BCUT2D eigenvalue weighted by Crippen LogP contribution is 2.20. The second-order valence-electron chi connectivity index (χ2n) is 6.63. The topological polar surface area (TPSA) is 66.8 Å².